The molecule has 0 N–H and O–H groups in total. The summed E-state index contributed by atoms with van der Waals surface area (Å²) in [6, 6.07) is 1.86. The van der Waals surface area contributed by atoms with Crippen LogP contribution in [0.5, 0.6) is 5.88 Å². The van der Waals surface area contributed by atoms with Crippen LogP contribution in [-0.4, -0.2) is 16.1 Å². The Labute approximate surface area is 117 Å². The molecule has 0 atom stereocenters. The van der Waals surface area contributed by atoms with Gasteiger partial charge in [0, 0.05) is 11.5 Å². The zero-order chi connectivity index (χ0) is 13.2. The van der Waals surface area contributed by atoms with Crippen LogP contribution in [0, 0.1) is 0 Å². The highest BCUT2D eigenvalue weighted by Gasteiger charge is 2.21. The molecule has 1 heterocycles. The Kier molecular flexibility index (Phi) is 4.25. The summed E-state index contributed by atoms with van der Waals surface area (Å²) in [5, 5.41) is 0. The summed E-state index contributed by atoms with van der Waals surface area (Å²) in [4.78, 5) is 8.96. The Hall–Kier alpha value is -0.640. The first kappa shape index (κ1) is 13.8. The van der Waals surface area contributed by atoms with Crippen LogP contribution in [0.4, 0.5) is 0 Å². The average Bonchev–Trinajstić information content (AvgIpc) is 2.28. The van der Waals surface area contributed by atoms with Crippen LogP contribution in [0.25, 0.3) is 0 Å². The summed E-state index contributed by atoms with van der Waals surface area (Å²) in [5.41, 5.74) is -0.0611. The van der Waals surface area contributed by atoms with Crippen molar-refractivity contribution in [3.63, 3.8) is 0 Å². The molecule has 4 heteroatoms. The average molecular weight is 313 g/mol. The maximum Gasteiger partial charge on any atom is 0.218 e. The van der Waals surface area contributed by atoms with Crippen LogP contribution >= 0.6 is 15.9 Å². The van der Waals surface area contributed by atoms with E-state index in [0.29, 0.717) is 12.0 Å². The third-order valence-electron chi connectivity index (χ3n) is 3.18. The normalized spacial score (nSPS) is 17.8. The molecule has 0 aromatic carbocycles. The van der Waals surface area contributed by atoms with Gasteiger partial charge in [-0.3, -0.25) is 0 Å². The van der Waals surface area contributed by atoms with Crippen LogP contribution < -0.4 is 4.74 Å². The van der Waals surface area contributed by atoms with E-state index in [1.165, 1.54) is 19.3 Å². The fraction of sp³-hybridized carbons (Fsp3) is 0.714. The molecule has 0 unspecified atom stereocenters. The first-order valence-electron chi connectivity index (χ1n) is 6.67. The molecule has 2 rings (SSSR count). The van der Waals surface area contributed by atoms with Crippen molar-refractivity contribution >= 4 is 15.9 Å². The number of aromatic nitrogens is 2. The number of ether oxygens (including phenoxy) is 1. The standard InChI is InChI=1S/C14H21BrN2O/c1-14(2,3)13-16-11(15)9-12(17-13)18-10-7-5-4-6-8-10/h9-10H,4-8H2,1-3H3. The Bertz CT molecular complexity index is 409. The fourth-order valence-corrected chi connectivity index (χ4v) is 2.51. The number of rotatable bonds is 2. The smallest absolute Gasteiger partial charge is 0.218 e. The van der Waals surface area contributed by atoms with Gasteiger partial charge in [0.1, 0.15) is 16.5 Å². The quantitative estimate of drug-likeness (QED) is 0.766. The topological polar surface area (TPSA) is 35.0 Å². The predicted octanol–water partition coefficient (Wildman–Crippen LogP) is 4.25. The lowest BCUT2D eigenvalue weighted by molar-refractivity contribution is 0.147. The summed E-state index contributed by atoms with van der Waals surface area (Å²) in [6.45, 7) is 6.33. The lowest BCUT2D eigenvalue weighted by Gasteiger charge is -2.23. The molecule has 1 fully saturated rings. The van der Waals surface area contributed by atoms with Gasteiger partial charge in [-0.2, -0.15) is 4.98 Å². The molecule has 18 heavy (non-hydrogen) atoms. The predicted molar refractivity (Wildman–Crippen MR) is 75.9 cm³/mol. The van der Waals surface area contributed by atoms with Crippen molar-refractivity contribution in [2.45, 2.75) is 64.4 Å². The van der Waals surface area contributed by atoms with E-state index in [1.807, 2.05) is 6.07 Å². The van der Waals surface area contributed by atoms with Gasteiger partial charge >= 0.3 is 0 Å². The van der Waals surface area contributed by atoms with E-state index in [4.69, 9.17) is 4.74 Å². The van der Waals surface area contributed by atoms with E-state index in [0.717, 1.165) is 23.3 Å². The Balaban J connectivity index is 2.14. The first-order chi connectivity index (χ1) is 8.45. The molecule has 1 aliphatic rings. The monoisotopic (exact) mass is 312 g/mol. The number of halogens is 1. The minimum absolute atomic E-state index is 0.0611. The van der Waals surface area contributed by atoms with Gasteiger partial charge in [0.2, 0.25) is 5.88 Å². The summed E-state index contributed by atoms with van der Waals surface area (Å²) in [6.07, 6.45) is 6.49. The van der Waals surface area contributed by atoms with Gasteiger partial charge in [0.05, 0.1) is 0 Å². The van der Waals surface area contributed by atoms with Crippen molar-refractivity contribution in [2.24, 2.45) is 0 Å². The molecular weight excluding hydrogens is 292 g/mol. The lowest BCUT2D eigenvalue weighted by atomic mass is 9.96. The summed E-state index contributed by atoms with van der Waals surface area (Å²) >= 11 is 3.44. The van der Waals surface area contributed by atoms with Gasteiger partial charge in [0.25, 0.3) is 0 Å². The maximum absolute atomic E-state index is 5.99. The number of nitrogens with zero attached hydrogens (tertiary/aromatic N) is 2. The van der Waals surface area contributed by atoms with Gasteiger partial charge in [-0.05, 0) is 41.6 Å². The van der Waals surface area contributed by atoms with E-state index in [9.17, 15) is 0 Å². The lowest BCUT2D eigenvalue weighted by Crippen LogP contribution is -2.22. The van der Waals surface area contributed by atoms with Crippen molar-refractivity contribution in [1.82, 2.24) is 9.97 Å². The maximum atomic E-state index is 5.99. The molecule has 1 aliphatic carbocycles. The molecule has 0 aliphatic heterocycles. The highest BCUT2D eigenvalue weighted by Crippen LogP contribution is 2.26. The molecule has 1 aromatic heterocycles. The first-order valence-corrected chi connectivity index (χ1v) is 7.46. The van der Waals surface area contributed by atoms with Crippen LogP contribution in [0.15, 0.2) is 10.7 Å². The summed E-state index contributed by atoms with van der Waals surface area (Å²) < 4.78 is 6.79. The molecule has 1 saturated carbocycles. The third-order valence-corrected chi connectivity index (χ3v) is 3.59. The van der Waals surface area contributed by atoms with Crippen molar-refractivity contribution in [3.8, 4) is 5.88 Å². The second kappa shape index (κ2) is 5.55. The molecule has 3 nitrogen and oxygen atoms in total. The molecule has 0 amide bonds. The number of hydrogen-bond donors (Lipinski definition) is 0. The van der Waals surface area contributed by atoms with Crippen LogP contribution in [0.2, 0.25) is 0 Å². The van der Waals surface area contributed by atoms with Gasteiger partial charge in [0.15, 0.2) is 0 Å². The van der Waals surface area contributed by atoms with E-state index in [2.05, 4.69) is 46.7 Å². The third kappa shape index (κ3) is 3.67. The van der Waals surface area contributed by atoms with Crippen LogP contribution in [0.3, 0.4) is 0 Å². The van der Waals surface area contributed by atoms with Crippen LogP contribution in [0.1, 0.15) is 58.7 Å². The second-order valence-corrected chi connectivity index (χ2v) is 6.79. The minimum atomic E-state index is -0.0611. The van der Waals surface area contributed by atoms with E-state index in [1.54, 1.807) is 0 Å². The molecule has 0 saturated heterocycles. The Morgan fingerprint density at radius 3 is 2.44 bits per heavy atom. The van der Waals surface area contributed by atoms with E-state index >= 15 is 0 Å². The summed E-state index contributed by atoms with van der Waals surface area (Å²) in [5.74, 6) is 1.52. The van der Waals surface area contributed by atoms with Gasteiger partial charge in [-0.15, -0.1) is 0 Å². The molecule has 0 spiro atoms. The highest BCUT2D eigenvalue weighted by atomic mass is 79.9. The van der Waals surface area contributed by atoms with Crippen molar-refractivity contribution in [1.29, 1.82) is 0 Å². The van der Waals surface area contributed by atoms with Crippen molar-refractivity contribution < 1.29 is 4.74 Å². The zero-order valence-electron chi connectivity index (χ0n) is 11.4. The molecule has 0 radical (unpaired) electrons. The van der Waals surface area contributed by atoms with Gasteiger partial charge < -0.3 is 4.74 Å². The molecule has 0 bridgehead atoms. The zero-order valence-corrected chi connectivity index (χ0v) is 13.0. The SMILES string of the molecule is CC(C)(C)c1nc(Br)cc(OC2CCCCC2)n1. The Morgan fingerprint density at radius 1 is 1.17 bits per heavy atom. The van der Waals surface area contributed by atoms with E-state index in [-0.39, 0.29) is 5.41 Å². The van der Waals surface area contributed by atoms with E-state index < -0.39 is 0 Å². The fourth-order valence-electron chi connectivity index (χ4n) is 2.15. The minimum Gasteiger partial charge on any atom is -0.474 e. The molecular formula is C14H21BrN2O. The van der Waals surface area contributed by atoms with Gasteiger partial charge in [-0.1, -0.05) is 27.2 Å². The molecule has 100 valence electrons. The van der Waals surface area contributed by atoms with Crippen molar-refractivity contribution in [2.75, 3.05) is 0 Å². The van der Waals surface area contributed by atoms with Crippen LogP contribution in [-0.2, 0) is 5.41 Å². The highest BCUT2D eigenvalue weighted by molar-refractivity contribution is 9.10. The second-order valence-electron chi connectivity index (χ2n) is 5.98. The summed E-state index contributed by atoms with van der Waals surface area (Å²) in [7, 11) is 0. The Morgan fingerprint density at radius 2 is 1.83 bits per heavy atom. The largest absolute Gasteiger partial charge is 0.474 e. The number of hydrogen-bond acceptors (Lipinski definition) is 3. The van der Waals surface area contributed by atoms with Gasteiger partial charge in [-0.25, -0.2) is 4.98 Å². The molecule has 1 aromatic rings. The van der Waals surface area contributed by atoms with Crippen molar-refractivity contribution in [3.05, 3.63) is 16.5 Å².